The Morgan fingerprint density at radius 1 is 1.56 bits per heavy atom. The summed E-state index contributed by atoms with van der Waals surface area (Å²) in [5, 5.41) is 3.96. The van der Waals surface area contributed by atoms with Crippen molar-refractivity contribution in [2.24, 2.45) is 7.05 Å². The molecule has 2 heterocycles. The number of carbonyl (C=O) groups excluding carboxylic acids is 1. The van der Waals surface area contributed by atoms with E-state index < -0.39 is 5.97 Å². The number of aryl methyl sites for hydroxylation is 1. The molecule has 16 heavy (non-hydrogen) atoms. The van der Waals surface area contributed by atoms with Crippen molar-refractivity contribution >= 4 is 12.0 Å². The van der Waals surface area contributed by atoms with E-state index in [9.17, 15) is 4.79 Å². The maximum atomic E-state index is 11.5. The van der Waals surface area contributed by atoms with Crippen LogP contribution in [-0.2, 0) is 11.8 Å². The predicted molar refractivity (Wildman–Crippen MR) is 54.5 cm³/mol. The molecule has 0 spiro atoms. The zero-order valence-electron chi connectivity index (χ0n) is 8.80. The molecule has 84 valence electrons. The number of hydrogen-bond donors (Lipinski definition) is 1. The normalized spacial score (nSPS) is 10.4. The second kappa shape index (κ2) is 3.69. The SMILES string of the molecule is COC(=O)c1cnn(C)c1-c1cnc(N)o1. The molecule has 0 bridgehead atoms. The lowest BCUT2D eigenvalue weighted by Crippen LogP contribution is -2.03. The molecule has 0 aliphatic carbocycles. The molecule has 7 heteroatoms. The summed E-state index contributed by atoms with van der Waals surface area (Å²) in [4.78, 5) is 15.2. The van der Waals surface area contributed by atoms with Gasteiger partial charge in [-0.1, -0.05) is 0 Å². The Bertz CT molecular complexity index is 529. The van der Waals surface area contributed by atoms with Gasteiger partial charge in [0.1, 0.15) is 11.3 Å². The van der Waals surface area contributed by atoms with Gasteiger partial charge in [0.25, 0.3) is 6.01 Å². The number of methoxy groups -OCH3 is 1. The van der Waals surface area contributed by atoms with Gasteiger partial charge in [-0.2, -0.15) is 5.10 Å². The first kappa shape index (κ1) is 10.2. The lowest BCUT2D eigenvalue weighted by molar-refractivity contribution is 0.0601. The number of oxazole rings is 1. The number of nitrogens with two attached hydrogens (primary N) is 1. The minimum Gasteiger partial charge on any atom is -0.465 e. The Morgan fingerprint density at radius 2 is 2.31 bits per heavy atom. The average Bonchev–Trinajstić information content (AvgIpc) is 2.83. The van der Waals surface area contributed by atoms with E-state index in [4.69, 9.17) is 10.2 Å². The van der Waals surface area contributed by atoms with Gasteiger partial charge in [-0.05, 0) is 0 Å². The van der Waals surface area contributed by atoms with Crippen LogP contribution in [-0.4, -0.2) is 27.8 Å². The fourth-order valence-electron chi connectivity index (χ4n) is 1.39. The zero-order chi connectivity index (χ0) is 11.7. The highest BCUT2D eigenvalue weighted by atomic mass is 16.5. The Hall–Kier alpha value is -2.31. The highest BCUT2D eigenvalue weighted by Crippen LogP contribution is 2.24. The van der Waals surface area contributed by atoms with E-state index in [1.165, 1.54) is 24.2 Å². The van der Waals surface area contributed by atoms with Crippen molar-refractivity contribution in [2.45, 2.75) is 0 Å². The van der Waals surface area contributed by atoms with Gasteiger partial charge in [-0.3, -0.25) is 4.68 Å². The van der Waals surface area contributed by atoms with Gasteiger partial charge in [-0.15, -0.1) is 0 Å². The summed E-state index contributed by atoms with van der Waals surface area (Å²) in [5.41, 5.74) is 6.16. The summed E-state index contributed by atoms with van der Waals surface area (Å²) in [5.74, 6) is -0.115. The van der Waals surface area contributed by atoms with E-state index in [0.717, 1.165) is 0 Å². The van der Waals surface area contributed by atoms with Crippen LogP contribution in [0.5, 0.6) is 0 Å². The molecule has 0 aromatic carbocycles. The second-order valence-corrected chi connectivity index (χ2v) is 3.08. The van der Waals surface area contributed by atoms with E-state index >= 15 is 0 Å². The molecule has 0 aliphatic rings. The topological polar surface area (TPSA) is 96.2 Å². The van der Waals surface area contributed by atoms with Crippen molar-refractivity contribution < 1.29 is 13.9 Å². The van der Waals surface area contributed by atoms with Crippen molar-refractivity contribution in [1.29, 1.82) is 0 Å². The number of hydrogen-bond acceptors (Lipinski definition) is 6. The van der Waals surface area contributed by atoms with Crippen LogP contribution in [0.2, 0.25) is 0 Å². The Labute approximate surface area is 90.8 Å². The quantitative estimate of drug-likeness (QED) is 0.741. The van der Waals surface area contributed by atoms with Crippen LogP contribution in [0, 0.1) is 0 Å². The predicted octanol–water partition coefficient (Wildman–Crippen LogP) is 0.444. The van der Waals surface area contributed by atoms with E-state index in [0.29, 0.717) is 17.0 Å². The molecule has 2 N–H and O–H groups in total. The number of carbonyl (C=O) groups is 1. The largest absolute Gasteiger partial charge is 0.465 e. The van der Waals surface area contributed by atoms with Crippen LogP contribution in [0.15, 0.2) is 16.8 Å². The van der Waals surface area contributed by atoms with E-state index in [1.54, 1.807) is 7.05 Å². The van der Waals surface area contributed by atoms with Crippen molar-refractivity contribution in [3.05, 3.63) is 18.0 Å². The molecule has 0 radical (unpaired) electrons. The number of aromatic nitrogens is 3. The van der Waals surface area contributed by atoms with Crippen LogP contribution in [0.3, 0.4) is 0 Å². The first-order valence-corrected chi connectivity index (χ1v) is 4.45. The zero-order valence-corrected chi connectivity index (χ0v) is 8.80. The number of anilines is 1. The second-order valence-electron chi connectivity index (χ2n) is 3.08. The summed E-state index contributed by atoms with van der Waals surface area (Å²) in [6.45, 7) is 0. The fraction of sp³-hybridized carbons (Fsp3) is 0.222. The van der Waals surface area contributed by atoms with Crippen molar-refractivity contribution in [1.82, 2.24) is 14.8 Å². The molecule has 0 saturated carbocycles. The van der Waals surface area contributed by atoms with Crippen molar-refractivity contribution in [3.8, 4) is 11.5 Å². The van der Waals surface area contributed by atoms with Crippen molar-refractivity contribution in [2.75, 3.05) is 12.8 Å². The van der Waals surface area contributed by atoms with Crippen LogP contribution in [0.1, 0.15) is 10.4 Å². The molecule has 0 saturated heterocycles. The van der Waals surface area contributed by atoms with Crippen LogP contribution < -0.4 is 5.73 Å². The minimum atomic E-state index is -0.488. The Balaban J connectivity index is 2.55. The number of esters is 1. The molecule has 2 aromatic heterocycles. The monoisotopic (exact) mass is 222 g/mol. The highest BCUT2D eigenvalue weighted by molar-refractivity contribution is 5.95. The fourth-order valence-corrected chi connectivity index (χ4v) is 1.39. The van der Waals surface area contributed by atoms with Gasteiger partial charge < -0.3 is 14.9 Å². The molecule has 0 amide bonds. The first-order valence-electron chi connectivity index (χ1n) is 4.45. The molecule has 0 aliphatic heterocycles. The third kappa shape index (κ3) is 1.52. The minimum absolute atomic E-state index is 0.0343. The Kier molecular flexibility index (Phi) is 2.35. The van der Waals surface area contributed by atoms with Gasteiger partial charge in [0.2, 0.25) is 0 Å². The number of ether oxygens (including phenoxy) is 1. The maximum Gasteiger partial charge on any atom is 0.341 e. The molecule has 0 atom stereocenters. The molecule has 0 unspecified atom stereocenters. The smallest absolute Gasteiger partial charge is 0.341 e. The van der Waals surface area contributed by atoms with Gasteiger partial charge >= 0.3 is 5.97 Å². The molecule has 2 rings (SSSR count). The lowest BCUT2D eigenvalue weighted by atomic mass is 10.2. The van der Waals surface area contributed by atoms with Gasteiger partial charge in [-0.25, -0.2) is 9.78 Å². The third-order valence-corrected chi connectivity index (χ3v) is 2.10. The molecular weight excluding hydrogens is 212 g/mol. The Morgan fingerprint density at radius 3 is 2.88 bits per heavy atom. The van der Waals surface area contributed by atoms with E-state index in [2.05, 4.69) is 14.8 Å². The van der Waals surface area contributed by atoms with Crippen LogP contribution >= 0.6 is 0 Å². The highest BCUT2D eigenvalue weighted by Gasteiger charge is 2.20. The summed E-state index contributed by atoms with van der Waals surface area (Å²) in [7, 11) is 2.98. The number of nitrogens with zero attached hydrogens (tertiary/aromatic N) is 3. The van der Waals surface area contributed by atoms with Gasteiger partial charge in [0.15, 0.2) is 5.76 Å². The maximum absolute atomic E-state index is 11.5. The van der Waals surface area contributed by atoms with E-state index in [-0.39, 0.29) is 6.01 Å². The summed E-state index contributed by atoms with van der Waals surface area (Å²) in [6.07, 6.45) is 2.83. The summed E-state index contributed by atoms with van der Waals surface area (Å²) >= 11 is 0. The summed E-state index contributed by atoms with van der Waals surface area (Å²) < 4.78 is 11.3. The van der Waals surface area contributed by atoms with Crippen LogP contribution in [0.4, 0.5) is 6.01 Å². The molecular formula is C9H10N4O3. The van der Waals surface area contributed by atoms with Gasteiger partial charge in [0, 0.05) is 7.05 Å². The lowest BCUT2D eigenvalue weighted by Gasteiger charge is -2.00. The number of nitrogen functional groups attached to an aromatic ring is 1. The third-order valence-electron chi connectivity index (χ3n) is 2.10. The first-order chi connectivity index (χ1) is 7.63. The summed E-state index contributed by atoms with van der Waals surface area (Å²) in [6, 6.07) is 0.0343. The molecule has 0 fully saturated rings. The van der Waals surface area contributed by atoms with Crippen molar-refractivity contribution in [3.63, 3.8) is 0 Å². The number of rotatable bonds is 2. The van der Waals surface area contributed by atoms with Gasteiger partial charge in [0.05, 0.1) is 19.5 Å². The molecule has 2 aromatic rings. The average molecular weight is 222 g/mol. The van der Waals surface area contributed by atoms with E-state index in [1.807, 2.05) is 0 Å². The standard InChI is InChI=1S/C9H10N4O3/c1-13-7(6-4-11-9(10)16-6)5(3-12-13)8(14)15-2/h3-4H,1-2H3,(H2,10,11). The molecule has 7 nitrogen and oxygen atoms in total. The van der Waals surface area contributed by atoms with Crippen LogP contribution in [0.25, 0.3) is 11.5 Å².